The summed E-state index contributed by atoms with van der Waals surface area (Å²) in [6.07, 6.45) is 3.74. The predicted molar refractivity (Wildman–Crippen MR) is 113 cm³/mol. The van der Waals surface area contributed by atoms with Gasteiger partial charge in [0, 0.05) is 49.2 Å². The molecule has 1 fully saturated rings. The molecule has 29 heavy (non-hydrogen) atoms. The summed E-state index contributed by atoms with van der Waals surface area (Å²) < 4.78 is 7.79. The maximum absolute atomic E-state index is 12.8. The van der Waals surface area contributed by atoms with Crippen molar-refractivity contribution in [2.45, 2.75) is 25.4 Å². The summed E-state index contributed by atoms with van der Waals surface area (Å²) in [5.41, 5.74) is 2.99. The van der Waals surface area contributed by atoms with Crippen LogP contribution >= 0.6 is 0 Å². The number of anilines is 1. The summed E-state index contributed by atoms with van der Waals surface area (Å²) in [4.78, 5) is 14.7. The lowest BCUT2D eigenvalue weighted by Gasteiger charge is -2.32. The number of para-hydroxylation sites is 2. The van der Waals surface area contributed by atoms with Gasteiger partial charge in [-0.2, -0.15) is 5.10 Å². The SMILES string of the molecule is Cn1nccc1C1CCN(C(=O)Nc2ccccc2COc2ccccc2)CC1. The third-order valence-electron chi connectivity index (χ3n) is 5.46. The van der Waals surface area contributed by atoms with E-state index in [1.54, 1.807) is 0 Å². The topological polar surface area (TPSA) is 59.4 Å². The first-order chi connectivity index (χ1) is 14.2. The number of piperidine rings is 1. The van der Waals surface area contributed by atoms with E-state index in [1.165, 1.54) is 5.69 Å². The van der Waals surface area contributed by atoms with Crippen LogP contribution in [0.15, 0.2) is 66.9 Å². The van der Waals surface area contributed by atoms with Gasteiger partial charge < -0.3 is 15.0 Å². The van der Waals surface area contributed by atoms with Gasteiger partial charge in [-0.05, 0) is 37.1 Å². The highest BCUT2D eigenvalue weighted by atomic mass is 16.5. The molecule has 2 heterocycles. The molecule has 1 aromatic heterocycles. The molecule has 0 bridgehead atoms. The minimum absolute atomic E-state index is 0.0550. The van der Waals surface area contributed by atoms with Crippen molar-refractivity contribution < 1.29 is 9.53 Å². The van der Waals surface area contributed by atoms with Crippen LogP contribution in [0.2, 0.25) is 0 Å². The van der Waals surface area contributed by atoms with Crippen LogP contribution in [-0.4, -0.2) is 33.8 Å². The number of carbonyl (C=O) groups is 1. The van der Waals surface area contributed by atoms with E-state index in [1.807, 2.05) is 77.4 Å². The second-order valence-electron chi connectivity index (χ2n) is 7.33. The first kappa shape index (κ1) is 19.1. The number of likely N-dealkylation sites (tertiary alicyclic amines) is 1. The molecule has 6 heteroatoms. The van der Waals surface area contributed by atoms with Crippen LogP contribution in [-0.2, 0) is 13.7 Å². The second kappa shape index (κ2) is 8.82. The van der Waals surface area contributed by atoms with E-state index in [9.17, 15) is 4.79 Å². The van der Waals surface area contributed by atoms with Crippen LogP contribution in [0.5, 0.6) is 5.75 Å². The zero-order valence-corrected chi connectivity index (χ0v) is 16.6. The smallest absolute Gasteiger partial charge is 0.321 e. The second-order valence-corrected chi connectivity index (χ2v) is 7.33. The minimum atomic E-state index is -0.0550. The Morgan fingerprint density at radius 3 is 2.52 bits per heavy atom. The Morgan fingerprint density at radius 1 is 1.07 bits per heavy atom. The summed E-state index contributed by atoms with van der Waals surface area (Å²) in [6.45, 7) is 1.89. The number of aryl methyl sites for hydroxylation is 1. The lowest BCUT2D eigenvalue weighted by molar-refractivity contribution is 0.193. The van der Waals surface area contributed by atoms with E-state index in [0.717, 1.165) is 42.9 Å². The van der Waals surface area contributed by atoms with Crippen molar-refractivity contribution in [2.24, 2.45) is 7.05 Å². The molecular formula is C23H26N4O2. The molecule has 6 nitrogen and oxygen atoms in total. The number of carbonyl (C=O) groups excluding carboxylic acids is 1. The molecule has 1 saturated heterocycles. The third-order valence-corrected chi connectivity index (χ3v) is 5.46. The Kier molecular flexibility index (Phi) is 5.79. The molecule has 0 atom stereocenters. The normalized spacial score (nSPS) is 14.6. The first-order valence-electron chi connectivity index (χ1n) is 10.0. The van der Waals surface area contributed by atoms with Crippen molar-refractivity contribution in [3.05, 3.63) is 78.1 Å². The molecule has 1 aliphatic rings. The minimum Gasteiger partial charge on any atom is -0.489 e. The Bertz CT molecular complexity index is 946. The number of urea groups is 1. The van der Waals surface area contributed by atoms with Crippen molar-refractivity contribution in [2.75, 3.05) is 18.4 Å². The summed E-state index contributed by atoms with van der Waals surface area (Å²) in [5, 5.41) is 7.33. The van der Waals surface area contributed by atoms with Crippen molar-refractivity contribution in [3.63, 3.8) is 0 Å². The average molecular weight is 390 g/mol. The molecule has 0 aliphatic carbocycles. The fourth-order valence-corrected chi connectivity index (χ4v) is 3.80. The Morgan fingerprint density at radius 2 is 1.79 bits per heavy atom. The zero-order chi connectivity index (χ0) is 20.1. The van der Waals surface area contributed by atoms with Gasteiger partial charge in [0.15, 0.2) is 0 Å². The highest BCUT2D eigenvalue weighted by Gasteiger charge is 2.25. The molecule has 150 valence electrons. The molecule has 2 amide bonds. The quantitative estimate of drug-likeness (QED) is 0.702. The summed E-state index contributed by atoms with van der Waals surface area (Å²) in [6, 6.07) is 19.5. The largest absolute Gasteiger partial charge is 0.489 e. The van der Waals surface area contributed by atoms with E-state index in [4.69, 9.17) is 4.74 Å². The van der Waals surface area contributed by atoms with Crippen molar-refractivity contribution >= 4 is 11.7 Å². The van der Waals surface area contributed by atoms with E-state index in [-0.39, 0.29) is 6.03 Å². The summed E-state index contributed by atoms with van der Waals surface area (Å²) >= 11 is 0. The summed E-state index contributed by atoms with van der Waals surface area (Å²) in [5.74, 6) is 1.27. The lowest BCUT2D eigenvalue weighted by atomic mass is 9.93. The van der Waals surface area contributed by atoms with E-state index in [2.05, 4.69) is 16.5 Å². The fourth-order valence-electron chi connectivity index (χ4n) is 3.80. The molecule has 4 rings (SSSR count). The molecule has 0 radical (unpaired) electrons. The van der Waals surface area contributed by atoms with Gasteiger partial charge in [0.05, 0.1) is 0 Å². The van der Waals surface area contributed by atoms with Gasteiger partial charge >= 0.3 is 6.03 Å². The number of ether oxygens (including phenoxy) is 1. The average Bonchev–Trinajstić information content (AvgIpc) is 3.20. The third kappa shape index (κ3) is 4.59. The lowest BCUT2D eigenvalue weighted by Crippen LogP contribution is -2.41. The first-order valence-corrected chi connectivity index (χ1v) is 10.0. The van der Waals surface area contributed by atoms with Gasteiger partial charge in [-0.15, -0.1) is 0 Å². The molecule has 1 aliphatic heterocycles. The molecule has 2 aromatic carbocycles. The predicted octanol–water partition coefficient (Wildman–Crippen LogP) is 4.41. The van der Waals surface area contributed by atoms with Gasteiger partial charge in [-0.25, -0.2) is 4.79 Å². The van der Waals surface area contributed by atoms with Crippen molar-refractivity contribution in [1.29, 1.82) is 0 Å². The van der Waals surface area contributed by atoms with Crippen molar-refractivity contribution in [3.8, 4) is 5.75 Å². The monoisotopic (exact) mass is 390 g/mol. The van der Waals surface area contributed by atoms with Gasteiger partial charge in [0.1, 0.15) is 12.4 Å². The number of nitrogens with one attached hydrogen (secondary N) is 1. The number of hydrogen-bond donors (Lipinski definition) is 1. The van der Waals surface area contributed by atoms with Crippen LogP contribution in [0.3, 0.4) is 0 Å². The maximum Gasteiger partial charge on any atom is 0.321 e. The number of amides is 2. The summed E-state index contributed by atoms with van der Waals surface area (Å²) in [7, 11) is 1.98. The Hall–Kier alpha value is -3.28. The van der Waals surface area contributed by atoms with Crippen LogP contribution in [0.1, 0.15) is 30.0 Å². The molecular weight excluding hydrogens is 364 g/mol. The number of hydrogen-bond acceptors (Lipinski definition) is 3. The highest BCUT2D eigenvalue weighted by Crippen LogP contribution is 2.28. The Labute approximate surface area is 171 Å². The maximum atomic E-state index is 12.8. The molecule has 3 aromatic rings. The van der Waals surface area contributed by atoms with E-state index >= 15 is 0 Å². The van der Waals surface area contributed by atoms with Crippen LogP contribution in [0, 0.1) is 0 Å². The van der Waals surface area contributed by atoms with E-state index in [0.29, 0.717) is 12.5 Å². The van der Waals surface area contributed by atoms with E-state index < -0.39 is 0 Å². The molecule has 0 unspecified atom stereocenters. The van der Waals surface area contributed by atoms with Crippen LogP contribution in [0.4, 0.5) is 10.5 Å². The van der Waals surface area contributed by atoms with Gasteiger partial charge in [0.2, 0.25) is 0 Å². The zero-order valence-electron chi connectivity index (χ0n) is 16.6. The highest BCUT2D eigenvalue weighted by molar-refractivity contribution is 5.90. The molecule has 1 N–H and O–H groups in total. The fraction of sp³-hybridized carbons (Fsp3) is 0.304. The number of benzene rings is 2. The van der Waals surface area contributed by atoms with Crippen LogP contribution in [0.25, 0.3) is 0 Å². The van der Waals surface area contributed by atoms with Crippen LogP contribution < -0.4 is 10.1 Å². The van der Waals surface area contributed by atoms with Gasteiger partial charge in [0.25, 0.3) is 0 Å². The number of aromatic nitrogens is 2. The molecule has 0 saturated carbocycles. The van der Waals surface area contributed by atoms with Gasteiger partial charge in [-0.1, -0.05) is 36.4 Å². The van der Waals surface area contributed by atoms with Gasteiger partial charge in [-0.3, -0.25) is 4.68 Å². The number of rotatable bonds is 5. The number of nitrogens with zero attached hydrogens (tertiary/aromatic N) is 3. The van der Waals surface area contributed by atoms with Crippen molar-refractivity contribution in [1.82, 2.24) is 14.7 Å². The molecule has 0 spiro atoms. The Balaban J connectivity index is 1.35. The standard InChI is InChI=1S/C23H26N4O2/c1-26-22(11-14-24-26)18-12-15-27(16-13-18)23(28)25-21-10-6-5-7-19(21)17-29-20-8-3-2-4-9-20/h2-11,14,18H,12-13,15-17H2,1H3,(H,25,28).